The first-order valence-electron chi connectivity index (χ1n) is 9.29. The summed E-state index contributed by atoms with van der Waals surface area (Å²) in [6.07, 6.45) is 4.49. The fourth-order valence-electron chi connectivity index (χ4n) is 3.85. The third-order valence-electron chi connectivity index (χ3n) is 5.11. The zero-order chi connectivity index (χ0) is 18.8. The van der Waals surface area contributed by atoms with Crippen molar-refractivity contribution in [2.75, 3.05) is 11.4 Å². The topological polar surface area (TPSA) is 41.4 Å². The Morgan fingerprint density at radius 1 is 1.26 bits per heavy atom. The zero-order valence-corrected chi connectivity index (χ0v) is 16.5. The highest BCUT2D eigenvalue weighted by atomic mass is 32.1. The summed E-state index contributed by atoms with van der Waals surface area (Å²) in [7, 11) is 2.11. The van der Waals surface area contributed by atoms with Gasteiger partial charge in [-0.2, -0.15) is 0 Å². The first-order valence-corrected chi connectivity index (χ1v) is 10.2. The molecule has 4 rings (SSSR count). The SMILES string of the molecule is CC(=O)N(c1ccccc1)c1nc(CN2CCC[C@@H]2c2cccn2C)cs1. The molecule has 6 heteroatoms. The lowest BCUT2D eigenvalue weighted by atomic mass is 10.1. The number of benzene rings is 1. The van der Waals surface area contributed by atoms with Gasteiger partial charge in [0.2, 0.25) is 5.91 Å². The molecule has 0 N–H and O–H groups in total. The van der Waals surface area contributed by atoms with Crippen molar-refractivity contribution in [2.45, 2.75) is 32.4 Å². The Kier molecular flexibility index (Phi) is 5.09. The van der Waals surface area contributed by atoms with Crippen molar-refractivity contribution in [1.82, 2.24) is 14.5 Å². The monoisotopic (exact) mass is 380 g/mol. The fraction of sp³-hybridized carbons (Fsp3) is 0.333. The molecule has 3 heterocycles. The number of hydrogen-bond acceptors (Lipinski definition) is 4. The predicted molar refractivity (Wildman–Crippen MR) is 109 cm³/mol. The van der Waals surface area contributed by atoms with Crippen LogP contribution in [0.2, 0.25) is 0 Å². The molecule has 1 amide bonds. The zero-order valence-electron chi connectivity index (χ0n) is 15.7. The van der Waals surface area contributed by atoms with Gasteiger partial charge in [-0.25, -0.2) is 4.98 Å². The molecule has 27 heavy (non-hydrogen) atoms. The second-order valence-corrected chi connectivity index (χ2v) is 7.82. The van der Waals surface area contributed by atoms with Crippen molar-refractivity contribution in [3.05, 3.63) is 65.4 Å². The minimum atomic E-state index is -0.0232. The van der Waals surface area contributed by atoms with Gasteiger partial charge in [-0.15, -0.1) is 11.3 Å². The molecule has 0 aliphatic carbocycles. The van der Waals surface area contributed by atoms with Gasteiger partial charge in [-0.05, 0) is 43.7 Å². The summed E-state index contributed by atoms with van der Waals surface area (Å²) in [5, 5.41) is 2.81. The molecule has 2 aromatic heterocycles. The molecule has 1 aromatic carbocycles. The normalized spacial score (nSPS) is 17.3. The average Bonchev–Trinajstić information content (AvgIpc) is 3.38. The summed E-state index contributed by atoms with van der Waals surface area (Å²) in [6, 6.07) is 14.5. The fourth-order valence-corrected chi connectivity index (χ4v) is 4.73. The molecule has 0 spiro atoms. The number of carbonyl (C=O) groups is 1. The molecule has 1 aliphatic rings. The van der Waals surface area contributed by atoms with Crippen LogP contribution in [0.4, 0.5) is 10.8 Å². The number of rotatable bonds is 5. The minimum absolute atomic E-state index is 0.0232. The van der Waals surface area contributed by atoms with Crippen molar-refractivity contribution >= 4 is 28.1 Å². The maximum absolute atomic E-state index is 12.2. The van der Waals surface area contributed by atoms with Crippen molar-refractivity contribution < 1.29 is 4.79 Å². The van der Waals surface area contributed by atoms with Gasteiger partial charge in [-0.3, -0.25) is 14.6 Å². The number of anilines is 2. The van der Waals surface area contributed by atoms with Gasteiger partial charge in [-0.1, -0.05) is 18.2 Å². The van der Waals surface area contributed by atoms with Gasteiger partial charge in [0.25, 0.3) is 0 Å². The number of amides is 1. The second kappa shape index (κ2) is 7.66. The molecule has 0 bridgehead atoms. The predicted octanol–water partition coefficient (Wildman–Crippen LogP) is 4.50. The van der Waals surface area contributed by atoms with Crippen molar-refractivity contribution in [2.24, 2.45) is 7.05 Å². The third kappa shape index (κ3) is 3.68. The number of para-hydroxylation sites is 1. The summed E-state index contributed by atoms with van der Waals surface area (Å²) in [5.74, 6) is -0.0232. The van der Waals surface area contributed by atoms with Crippen molar-refractivity contribution in [3.63, 3.8) is 0 Å². The van der Waals surface area contributed by atoms with Crippen LogP contribution in [-0.2, 0) is 18.4 Å². The van der Waals surface area contributed by atoms with Gasteiger partial charge in [0.1, 0.15) is 0 Å². The molecule has 1 atom stereocenters. The number of aromatic nitrogens is 2. The van der Waals surface area contributed by atoms with Gasteiger partial charge >= 0.3 is 0 Å². The summed E-state index contributed by atoms with van der Waals surface area (Å²) in [6.45, 7) is 3.48. The largest absolute Gasteiger partial charge is 0.353 e. The Hall–Kier alpha value is -2.44. The molecule has 1 fully saturated rings. The molecule has 0 radical (unpaired) electrons. The van der Waals surface area contributed by atoms with Crippen LogP contribution in [-0.4, -0.2) is 26.9 Å². The Balaban J connectivity index is 1.54. The van der Waals surface area contributed by atoms with E-state index in [0.29, 0.717) is 6.04 Å². The standard InChI is InChI=1S/C21H24N4OS/c1-16(26)25(18-8-4-3-5-9-18)21-22-17(15-27-21)14-24-13-7-11-20(24)19-10-6-12-23(19)2/h3-6,8-10,12,15,20H,7,11,13-14H2,1-2H3/t20-/m1/s1. The van der Waals surface area contributed by atoms with E-state index in [0.717, 1.165) is 29.6 Å². The number of aryl methyl sites for hydroxylation is 1. The summed E-state index contributed by atoms with van der Waals surface area (Å²) in [4.78, 5) is 21.2. The maximum atomic E-state index is 12.2. The highest BCUT2D eigenvalue weighted by molar-refractivity contribution is 7.14. The molecule has 3 aromatic rings. The third-order valence-corrected chi connectivity index (χ3v) is 5.99. The first-order chi connectivity index (χ1) is 13.1. The number of hydrogen-bond donors (Lipinski definition) is 0. The molecule has 1 aliphatic heterocycles. The molecular weight excluding hydrogens is 356 g/mol. The second-order valence-electron chi connectivity index (χ2n) is 6.98. The first kappa shape index (κ1) is 17.9. The van der Waals surface area contributed by atoms with Crippen LogP contribution in [0.1, 0.15) is 37.2 Å². The molecule has 5 nitrogen and oxygen atoms in total. The van der Waals surface area contributed by atoms with Gasteiger partial charge in [0.15, 0.2) is 5.13 Å². The van der Waals surface area contributed by atoms with E-state index in [1.165, 1.54) is 29.9 Å². The molecule has 0 saturated carbocycles. The van der Waals surface area contributed by atoms with Crippen LogP contribution in [0.15, 0.2) is 54.0 Å². The van der Waals surface area contributed by atoms with E-state index in [2.05, 4.69) is 40.2 Å². The Morgan fingerprint density at radius 2 is 2.07 bits per heavy atom. The van der Waals surface area contributed by atoms with E-state index >= 15 is 0 Å². The Labute approximate surface area is 163 Å². The van der Waals surface area contributed by atoms with Crippen LogP contribution in [0, 0.1) is 0 Å². The Morgan fingerprint density at radius 3 is 2.78 bits per heavy atom. The number of likely N-dealkylation sites (tertiary alicyclic amines) is 1. The van der Waals surface area contributed by atoms with Crippen molar-refractivity contribution in [3.8, 4) is 0 Å². The van der Waals surface area contributed by atoms with E-state index in [9.17, 15) is 4.79 Å². The Bertz CT molecular complexity index is 917. The lowest BCUT2D eigenvalue weighted by molar-refractivity contribution is -0.115. The van der Waals surface area contributed by atoms with Gasteiger partial charge in [0.05, 0.1) is 17.4 Å². The highest BCUT2D eigenvalue weighted by Crippen LogP contribution is 2.34. The summed E-state index contributed by atoms with van der Waals surface area (Å²) < 4.78 is 2.21. The van der Waals surface area contributed by atoms with E-state index in [1.54, 1.807) is 11.8 Å². The van der Waals surface area contributed by atoms with Crippen LogP contribution < -0.4 is 4.90 Å². The van der Waals surface area contributed by atoms with Crippen LogP contribution in [0.25, 0.3) is 0 Å². The minimum Gasteiger partial charge on any atom is -0.353 e. The van der Waals surface area contributed by atoms with Gasteiger partial charge < -0.3 is 4.57 Å². The summed E-state index contributed by atoms with van der Waals surface area (Å²) in [5.41, 5.74) is 3.24. The van der Waals surface area contributed by atoms with Crippen LogP contribution >= 0.6 is 11.3 Å². The number of carbonyl (C=O) groups excluding carboxylic acids is 1. The smallest absolute Gasteiger partial charge is 0.230 e. The molecule has 1 saturated heterocycles. The molecular formula is C21H24N4OS. The van der Waals surface area contributed by atoms with E-state index in [4.69, 9.17) is 4.98 Å². The van der Waals surface area contributed by atoms with Crippen molar-refractivity contribution in [1.29, 1.82) is 0 Å². The lowest BCUT2D eigenvalue weighted by Crippen LogP contribution is -2.25. The molecule has 140 valence electrons. The summed E-state index contributed by atoms with van der Waals surface area (Å²) >= 11 is 1.53. The lowest BCUT2D eigenvalue weighted by Gasteiger charge is -2.24. The number of thiazole rings is 1. The van der Waals surface area contributed by atoms with E-state index in [1.807, 2.05) is 30.3 Å². The molecule has 0 unspecified atom stereocenters. The average molecular weight is 381 g/mol. The maximum Gasteiger partial charge on any atom is 0.230 e. The highest BCUT2D eigenvalue weighted by Gasteiger charge is 2.28. The van der Waals surface area contributed by atoms with Gasteiger partial charge in [0, 0.05) is 37.8 Å². The quantitative estimate of drug-likeness (QED) is 0.654. The number of nitrogens with zero attached hydrogens (tertiary/aromatic N) is 4. The van der Waals surface area contributed by atoms with Crippen LogP contribution in [0.3, 0.4) is 0 Å². The van der Waals surface area contributed by atoms with E-state index < -0.39 is 0 Å². The van der Waals surface area contributed by atoms with Crippen LogP contribution in [0.5, 0.6) is 0 Å². The van der Waals surface area contributed by atoms with E-state index in [-0.39, 0.29) is 5.91 Å².